The fraction of sp³-hybridized carbons (Fsp3) is 0.647. The lowest BCUT2D eigenvalue weighted by molar-refractivity contribution is -0.156. The average Bonchev–Trinajstić information content (AvgIpc) is 2.80. The Morgan fingerprint density at radius 2 is 2.20 bits per heavy atom. The van der Waals surface area contributed by atoms with Crippen molar-refractivity contribution in [3.8, 4) is 0 Å². The number of rotatable bonds is 6. The van der Waals surface area contributed by atoms with Gasteiger partial charge in [0.25, 0.3) is 11.8 Å². The van der Waals surface area contributed by atoms with Gasteiger partial charge in [-0.2, -0.15) is 0 Å². The van der Waals surface area contributed by atoms with E-state index >= 15 is 0 Å². The molecular weight excluding hydrogens is 326 g/mol. The summed E-state index contributed by atoms with van der Waals surface area (Å²) in [5, 5.41) is 5.27. The largest absolute Gasteiger partial charge is 0.451 e. The van der Waals surface area contributed by atoms with Gasteiger partial charge < -0.3 is 15.4 Å². The molecule has 2 fully saturated rings. The van der Waals surface area contributed by atoms with Crippen molar-refractivity contribution in [2.24, 2.45) is 5.92 Å². The van der Waals surface area contributed by atoms with Crippen LogP contribution in [0.5, 0.6) is 0 Å². The standard InChI is InChI=1S/C17H25N3O5/c1-4-9-18-14(22)12(3)25-13(21)10-20-15(23)17(19-16(20)24)8-6-5-7-11(17)2/h4,11-12H,1,5-10H2,2-3H3,(H,18,22)(H,19,24)/t11-,12-,17+/m0/s1. The summed E-state index contributed by atoms with van der Waals surface area (Å²) >= 11 is 0. The van der Waals surface area contributed by atoms with Crippen LogP contribution in [0.1, 0.15) is 39.5 Å². The quantitative estimate of drug-likeness (QED) is 0.417. The first-order valence-electron chi connectivity index (χ1n) is 8.54. The van der Waals surface area contributed by atoms with Crippen molar-refractivity contribution in [3.63, 3.8) is 0 Å². The third kappa shape index (κ3) is 3.83. The molecule has 0 aromatic heterocycles. The minimum Gasteiger partial charge on any atom is -0.451 e. The van der Waals surface area contributed by atoms with Gasteiger partial charge in [-0.1, -0.05) is 25.8 Å². The number of carbonyl (C=O) groups excluding carboxylic acids is 4. The van der Waals surface area contributed by atoms with Gasteiger partial charge in [-0.3, -0.25) is 19.3 Å². The lowest BCUT2D eigenvalue weighted by Gasteiger charge is -2.36. The molecule has 1 saturated carbocycles. The minimum absolute atomic E-state index is 0.0160. The minimum atomic E-state index is -1.02. The van der Waals surface area contributed by atoms with Gasteiger partial charge in [0.15, 0.2) is 6.10 Å². The number of nitrogens with zero attached hydrogens (tertiary/aromatic N) is 1. The number of ether oxygens (including phenoxy) is 1. The molecule has 1 heterocycles. The van der Waals surface area contributed by atoms with Crippen LogP contribution in [-0.2, 0) is 19.1 Å². The molecule has 0 aromatic carbocycles. The highest BCUT2D eigenvalue weighted by molar-refractivity contribution is 6.09. The van der Waals surface area contributed by atoms with E-state index in [2.05, 4.69) is 17.2 Å². The first kappa shape index (κ1) is 19.0. The fourth-order valence-corrected chi connectivity index (χ4v) is 3.37. The maximum absolute atomic E-state index is 12.7. The molecule has 1 spiro atoms. The first-order valence-corrected chi connectivity index (χ1v) is 8.54. The Bertz CT molecular complexity index is 591. The lowest BCUT2D eigenvalue weighted by Crippen LogP contribution is -2.54. The molecule has 1 saturated heterocycles. The Balaban J connectivity index is 1.96. The molecule has 1 aliphatic heterocycles. The van der Waals surface area contributed by atoms with E-state index in [9.17, 15) is 19.2 Å². The molecule has 0 unspecified atom stereocenters. The van der Waals surface area contributed by atoms with Crippen molar-refractivity contribution in [2.75, 3.05) is 13.1 Å². The van der Waals surface area contributed by atoms with Crippen molar-refractivity contribution in [2.45, 2.75) is 51.2 Å². The molecule has 0 aromatic rings. The Labute approximate surface area is 146 Å². The number of urea groups is 1. The summed E-state index contributed by atoms with van der Waals surface area (Å²) in [4.78, 5) is 49.6. The fourth-order valence-electron chi connectivity index (χ4n) is 3.37. The molecule has 0 radical (unpaired) electrons. The highest BCUT2D eigenvalue weighted by Gasteiger charge is 2.55. The molecule has 0 bridgehead atoms. The Kier molecular flexibility index (Phi) is 5.81. The Morgan fingerprint density at radius 3 is 2.84 bits per heavy atom. The molecule has 138 valence electrons. The van der Waals surface area contributed by atoms with Crippen molar-refractivity contribution >= 4 is 23.8 Å². The second-order valence-corrected chi connectivity index (χ2v) is 6.61. The van der Waals surface area contributed by atoms with E-state index in [0.717, 1.165) is 24.2 Å². The Hall–Kier alpha value is -2.38. The summed E-state index contributed by atoms with van der Waals surface area (Å²) in [6.07, 6.45) is 3.79. The summed E-state index contributed by atoms with van der Waals surface area (Å²) in [5.74, 6) is -1.64. The van der Waals surface area contributed by atoms with Crippen LogP contribution in [0.2, 0.25) is 0 Å². The predicted octanol–water partition coefficient (Wildman–Crippen LogP) is 0.721. The molecule has 25 heavy (non-hydrogen) atoms. The van der Waals surface area contributed by atoms with E-state index in [1.165, 1.54) is 13.0 Å². The van der Waals surface area contributed by atoms with Gasteiger partial charge in [-0.15, -0.1) is 6.58 Å². The highest BCUT2D eigenvalue weighted by Crippen LogP contribution is 2.38. The highest BCUT2D eigenvalue weighted by atomic mass is 16.5. The molecule has 2 aliphatic rings. The third-order valence-corrected chi connectivity index (χ3v) is 4.89. The zero-order valence-electron chi connectivity index (χ0n) is 14.7. The van der Waals surface area contributed by atoms with E-state index < -0.39 is 36.1 Å². The molecule has 2 N–H and O–H groups in total. The number of esters is 1. The normalized spacial score (nSPS) is 27.0. The number of carbonyl (C=O) groups is 4. The molecule has 8 heteroatoms. The van der Waals surface area contributed by atoms with Gasteiger partial charge in [0.05, 0.1) is 0 Å². The van der Waals surface area contributed by atoms with Crippen LogP contribution < -0.4 is 10.6 Å². The third-order valence-electron chi connectivity index (χ3n) is 4.89. The Morgan fingerprint density at radius 1 is 1.48 bits per heavy atom. The van der Waals surface area contributed by atoms with Crippen LogP contribution in [0.4, 0.5) is 4.79 Å². The summed E-state index contributed by atoms with van der Waals surface area (Å²) in [5.41, 5.74) is -0.914. The molecule has 8 nitrogen and oxygen atoms in total. The summed E-state index contributed by atoms with van der Waals surface area (Å²) in [6.45, 7) is 6.59. The zero-order valence-corrected chi connectivity index (χ0v) is 14.7. The van der Waals surface area contributed by atoms with Crippen LogP contribution in [0.15, 0.2) is 12.7 Å². The van der Waals surface area contributed by atoms with Gasteiger partial charge in [0, 0.05) is 6.54 Å². The van der Waals surface area contributed by atoms with Gasteiger partial charge in [0.1, 0.15) is 12.1 Å². The van der Waals surface area contributed by atoms with E-state index in [4.69, 9.17) is 4.74 Å². The number of amides is 4. The molecule has 4 amide bonds. The zero-order chi connectivity index (χ0) is 18.6. The van der Waals surface area contributed by atoms with Gasteiger partial charge in [0.2, 0.25) is 0 Å². The van der Waals surface area contributed by atoms with Crippen LogP contribution >= 0.6 is 0 Å². The average molecular weight is 351 g/mol. The molecule has 3 atom stereocenters. The van der Waals surface area contributed by atoms with Gasteiger partial charge in [-0.25, -0.2) is 4.79 Å². The monoisotopic (exact) mass is 351 g/mol. The van der Waals surface area contributed by atoms with E-state index in [-0.39, 0.29) is 18.4 Å². The predicted molar refractivity (Wildman–Crippen MR) is 89.4 cm³/mol. The maximum atomic E-state index is 12.7. The summed E-state index contributed by atoms with van der Waals surface area (Å²) < 4.78 is 5.01. The van der Waals surface area contributed by atoms with Crippen molar-refractivity contribution in [3.05, 3.63) is 12.7 Å². The van der Waals surface area contributed by atoms with E-state index in [0.29, 0.717) is 6.42 Å². The molecular formula is C17H25N3O5. The van der Waals surface area contributed by atoms with Crippen LogP contribution in [0.3, 0.4) is 0 Å². The molecule has 2 rings (SSSR count). The second-order valence-electron chi connectivity index (χ2n) is 6.61. The van der Waals surface area contributed by atoms with Gasteiger partial charge >= 0.3 is 12.0 Å². The lowest BCUT2D eigenvalue weighted by atomic mass is 9.73. The van der Waals surface area contributed by atoms with E-state index in [1.807, 2.05) is 6.92 Å². The SMILES string of the molecule is C=CCNC(=O)[C@H](C)OC(=O)CN1C(=O)N[C@@]2(CCCC[C@@H]2C)C1=O. The van der Waals surface area contributed by atoms with Crippen LogP contribution in [0.25, 0.3) is 0 Å². The topological polar surface area (TPSA) is 105 Å². The molecule has 1 aliphatic carbocycles. The number of imide groups is 1. The first-order chi connectivity index (χ1) is 11.8. The van der Waals surface area contributed by atoms with Crippen molar-refractivity contribution in [1.29, 1.82) is 0 Å². The van der Waals surface area contributed by atoms with Gasteiger partial charge in [-0.05, 0) is 25.7 Å². The maximum Gasteiger partial charge on any atom is 0.327 e. The van der Waals surface area contributed by atoms with Crippen LogP contribution in [-0.4, -0.2) is 53.4 Å². The smallest absolute Gasteiger partial charge is 0.327 e. The number of hydrogen-bond acceptors (Lipinski definition) is 5. The summed E-state index contributed by atoms with van der Waals surface area (Å²) in [7, 11) is 0. The second kappa shape index (κ2) is 7.67. The van der Waals surface area contributed by atoms with E-state index in [1.54, 1.807) is 0 Å². The number of hydrogen-bond donors (Lipinski definition) is 2. The number of nitrogens with one attached hydrogen (secondary N) is 2. The summed E-state index contributed by atoms with van der Waals surface area (Å²) in [6, 6.07) is -0.584. The van der Waals surface area contributed by atoms with Crippen molar-refractivity contribution in [1.82, 2.24) is 15.5 Å². The van der Waals surface area contributed by atoms with Crippen molar-refractivity contribution < 1.29 is 23.9 Å². The van der Waals surface area contributed by atoms with Crippen LogP contribution in [0, 0.1) is 5.92 Å².